The highest BCUT2D eigenvalue weighted by Crippen LogP contribution is 2.11. The maximum absolute atomic E-state index is 5.83. The number of nitrogens with two attached hydrogens (primary N) is 1. The molecule has 1 aromatic carbocycles. The van der Waals surface area contributed by atoms with Gasteiger partial charge in [-0.15, -0.1) is 5.10 Å². The van der Waals surface area contributed by atoms with E-state index < -0.39 is 0 Å². The van der Waals surface area contributed by atoms with E-state index in [1.165, 1.54) is 0 Å². The third-order valence-corrected chi connectivity index (χ3v) is 1.90. The van der Waals surface area contributed by atoms with Crippen molar-refractivity contribution in [3.05, 3.63) is 34.9 Å². The summed E-state index contributed by atoms with van der Waals surface area (Å²) in [6, 6.07) is 7.28. The molecular formula is C8H8ClN5. The number of rotatable bonds is 1. The van der Waals surface area contributed by atoms with Gasteiger partial charge in [0.25, 0.3) is 0 Å². The molecule has 0 atom stereocenters. The van der Waals surface area contributed by atoms with Crippen molar-refractivity contribution < 1.29 is 0 Å². The minimum atomic E-state index is 0.232. The molecule has 0 saturated heterocycles. The Morgan fingerprint density at radius 1 is 1.21 bits per heavy atom. The molecule has 6 heteroatoms. The molecule has 1 aliphatic rings. The van der Waals surface area contributed by atoms with Crippen LogP contribution in [0.1, 0.15) is 5.56 Å². The van der Waals surface area contributed by atoms with Crippen LogP contribution in [0.2, 0.25) is 5.02 Å². The number of nitrogens with zero attached hydrogens (tertiary/aromatic N) is 2. The zero-order valence-corrected chi connectivity index (χ0v) is 7.92. The van der Waals surface area contributed by atoms with Gasteiger partial charge in [-0.2, -0.15) is 5.10 Å². The zero-order valence-electron chi connectivity index (χ0n) is 7.16. The number of guanidine groups is 1. The highest BCUT2D eigenvalue weighted by molar-refractivity contribution is 6.31. The number of nitrogens with one attached hydrogen (secondary N) is 2. The Morgan fingerprint density at radius 2 is 2.07 bits per heavy atom. The second-order valence-corrected chi connectivity index (χ2v) is 3.13. The smallest absolute Gasteiger partial charge is 0.232 e. The molecule has 4 N–H and O–H groups in total. The van der Waals surface area contributed by atoms with Gasteiger partial charge in [0, 0.05) is 10.6 Å². The monoisotopic (exact) mass is 209 g/mol. The first-order chi connectivity index (χ1) is 6.75. The van der Waals surface area contributed by atoms with E-state index >= 15 is 0 Å². The lowest BCUT2D eigenvalue weighted by molar-refractivity contribution is 0.872. The molecule has 0 aromatic heterocycles. The first-order valence-electron chi connectivity index (χ1n) is 3.94. The summed E-state index contributed by atoms with van der Waals surface area (Å²) in [7, 11) is 0. The third-order valence-electron chi connectivity index (χ3n) is 1.66. The topological polar surface area (TPSA) is 74.8 Å². The molecule has 1 heterocycles. The minimum Gasteiger partial charge on any atom is -0.367 e. The van der Waals surface area contributed by atoms with Crippen LogP contribution in [0.25, 0.3) is 0 Å². The van der Waals surface area contributed by atoms with Crippen LogP contribution in [0.3, 0.4) is 0 Å². The van der Waals surface area contributed by atoms with E-state index in [4.69, 9.17) is 17.3 Å². The summed E-state index contributed by atoms with van der Waals surface area (Å²) in [6.45, 7) is 0. The summed E-state index contributed by atoms with van der Waals surface area (Å²) in [5.74, 6) is 0.817. The summed E-state index contributed by atoms with van der Waals surface area (Å²) in [6.07, 6.45) is 0. The molecule has 0 fully saturated rings. The molecular weight excluding hydrogens is 202 g/mol. The molecule has 14 heavy (non-hydrogen) atoms. The van der Waals surface area contributed by atoms with Crippen molar-refractivity contribution in [1.29, 1.82) is 0 Å². The maximum Gasteiger partial charge on any atom is 0.232 e. The van der Waals surface area contributed by atoms with E-state index in [9.17, 15) is 0 Å². The van der Waals surface area contributed by atoms with E-state index in [2.05, 4.69) is 21.1 Å². The molecule has 0 saturated carbocycles. The van der Waals surface area contributed by atoms with Crippen molar-refractivity contribution in [1.82, 2.24) is 10.9 Å². The average molecular weight is 210 g/mol. The number of hydrazone groups is 2. The lowest BCUT2D eigenvalue weighted by Gasteiger charge is -2.11. The van der Waals surface area contributed by atoms with Crippen LogP contribution in [0, 0.1) is 0 Å². The molecule has 0 bridgehead atoms. The van der Waals surface area contributed by atoms with Gasteiger partial charge in [0.15, 0.2) is 5.84 Å². The second-order valence-electron chi connectivity index (χ2n) is 2.69. The predicted octanol–water partition coefficient (Wildman–Crippen LogP) is 0.424. The van der Waals surface area contributed by atoms with Crippen molar-refractivity contribution >= 4 is 23.4 Å². The molecule has 0 spiro atoms. The van der Waals surface area contributed by atoms with Crippen LogP contribution in [-0.4, -0.2) is 11.8 Å². The molecule has 0 radical (unpaired) electrons. The van der Waals surface area contributed by atoms with E-state index in [-0.39, 0.29) is 5.96 Å². The van der Waals surface area contributed by atoms with Crippen molar-refractivity contribution in [2.75, 3.05) is 0 Å². The predicted molar refractivity (Wildman–Crippen MR) is 55.9 cm³/mol. The van der Waals surface area contributed by atoms with E-state index in [1.54, 1.807) is 12.1 Å². The van der Waals surface area contributed by atoms with Crippen LogP contribution in [0.5, 0.6) is 0 Å². The Labute approximate surface area is 85.6 Å². The summed E-state index contributed by atoms with van der Waals surface area (Å²) in [5, 5.41) is 8.39. The van der Waals surface area contributed by atoms with Gasteiger partial charge in [-0.1, -0.05) is 23.7 Å². The van der Waals surface area contributed by atoms with Crippen molar-refractivity contribution in [3.8, 4) is 0 Å². The molecule has 0 aliphatic carbocycles. The van der Waals surface area contributed by atoms with Crippen LogP contribution >= 0.6 is 11.6 Å². The summed E-state index contributed by atoms with van der Waals surface area (Å²) >= 11 is 5.83. The van der Waals surface area contributed by atoms with Crippen LogP contribution in [-0.2, 0) is 0 Å². The quantitative estimate of drug-likeness (QED) is 0.628. The number of hydrogen-bond donors (Lipinski definition) is 3. The normalized spacial score (nSPS) is 14.9. The Bertz CT molecular complexity index is 412. The van der Waals surface area contributed by atoms with Crippen LogP contribution in [0.4, 0.5) is 0 Å². The van der Waals surface area contributed by atoms with Crippen molar-refractivity contribution in [2.24, 2.45) is 15.9 Å². The first-order valence-corrected chi connectivity index (χ1v) is 4.32. The van der Waals surface area contributed by atoms with E-state index in [1.807, 2.05) is 12.1 Å². The average Bonchev–Trinajstić information content (AvgIpc) is 2.19. The summed E-state index contributed by atoms with van der Waals surface area (Å²) < 4.78 is 0. The molecule has 72 valence electrons. The van der Waals surface area contributed by atoms with Gasteiger partial charge in [-0.3, -0.25) is 5.43 Å². The summed E-state index contributed by atoms with van der Waals surface area (Å²) in [5.41, 5.74) is 11.5. The van der Waals surface area contributed by atoms with Gasteiger partial charge in [-0.05, 0) is 12.1 Å². The maximum atomic E-state index is 5.83. The molecule has 1 aliphatic heterocycles. The Morgan fingerprint density at radius 3 is 2.71 bits per heavy atom. The van der Waals surface area contributed by atoms with Gasteiger partial charge < -0.3 is 5.73 Å². The Kier molecular flexibility index (Phi) is 2.24. The molecule has 0 unspecified atom stereocenters. The number of amidine groups is 1. The highest BCUT2D eigenvalue weighted by atomic mass is 35.5. The van der Waals surface area contributed by atoms with Crippen LogP contribution < -0.4 is 16.6 Å². The second kappa shape index (κ2) is 3.55. The van der Waals surface area contributed by atoms with Crippen molar-refractivity contribution in [3.63, 3.8) is 0 Å². The van der Waals surface area contributed by atoms with E-state index in [0.29, 0.717) is 10.9 Å². The fraction of sp³-hybridized carbons (Fsp3) is 0. The minimum absolute atomic E-state index is 0.232. The number of hydrogen-bond acceptors (Lipinski definition) is 5. The van der Waals surface area contributed by atoms with E-state index in [0.717, 1.165) is 5.56 Å². The van der Waals surface area contributed by atoms with Gasteiger partial charge in [0.2, 0.25) is 5.96 Å². The lowest BCUT2D eigenvalue weighted by Crippen LogP contribution is -2.38. The number of halogens is 1. The fourth-order valence-electron chi connectivity index (χ4n) is 1.04. The lowest BCUT2D eigenvalue weighted by atomic mass is 10.2. The Hall–Kier alpha value is -1.75. The standard InChI is InChI=1S/C8H8ClN5/c9-6-3-1-2-5(4-6)7-11-13-8(10)14-12-7/h1-4H,(H,11,12)(H3,10,13,14). The third kappa shape index (κ3) is 1.77. The highest BCUT2D eigenvalue weighted by Gasteiger charge is 2.07. The molecule has 2 rings (SSSR count). The van der Waals surface area contributed by atoms with Gasteiger partial charge in [-0.25, -0.2) is 5.43 Å². The SMILES string of the molecule is NC1=NNC(c2cccc(Cl)c2)=NN1. The molecule has 0 amide bonds. The molecule has 5 nitrogen and oxygen atoms in total. The number of benzene rings is 1. The Balaban J connectivity index is 2.25. The summed E-state index contributed by atoms with van der Waals surface area (Å²) in [4.78, 5) is 0. The first kappa shape index (κ1) is 8.83. The van der Waals surface area contributed by atoms with Gasteiger partial charge >= 0.3 is 0 Å². The fourth-order valence-corrected chi connectivity index (χ4v) is 1.23. The van der Waals surface area contributed by atoms with Gasteiger partial charge in [0.05, 0.1) is 0 Å². The zero-order chi connectivity index (χ0) is 9.97. The molecule has 1 aromatic rings. The van der Waals surface area contributed by atoms with Gasteiger partial charge in [0.1, 0.15) is 0 Å². The van der Waals surface area contributed by atoms with Crippen LogP contribution in [0.15, 0.2) is 34.5 Å². The largest absolute Gasteiger partial charge is 0.367 e. The van der Waals surface area contributed by atoms with Crippen molar-refractivity contribution in [2.45, 2.75) is 0 Å².